The zero-order valence-electron chi connectivity index (χ0n) is 14.7. The van der Waals surface area contributed by atoms with Crippen LogP contribution in [0.4, 0.5) is 0 Å². The molecule has 0 bridgehead atoms. The first-order valence-corrected chi connectivity index (χ1v) is 9.22. The highest BCUT2D eigenvalue weighted by atomic mass is 16.3. The third-order valence-corrected chi connectivity index (χ3v) is 5.89. The van der Waals surface area contributed by atoms with E-state index in [1.54, 1.807) is 18.4 Å². The van der Waals surface area contributed by atoms with Gasteiger partial charge < -0.3 is 4.42 Å². The lowest BCUT2D eigenvalue weighted by molar-refractivity contribution is 0.0842. The average molecular weight is 340 g/mol. The van der Waals surface area contributed by atoms with E-state index in [4.69, 9.17) is 4.42 Å². The van der Waals surface area contributed by atoms with Crippen molar-refractivity contribution in [3.8, 4) is 0 Å². The summed E-state index contributed by atoms with van der Waals surface area (Å²) in [5.41, 5.74) is 2.71. The summed E-state index contributed by atoms with van der Waals surface area (Å²) >= 11 is 0. The third-order valence-electron chi connectivity index (χ3n) is 5.89. The van der Waals surface area contributed by atoms with Gasteiger partial charge in [-0.15, -0.1) is 0 Å². The predicted molar refractivity (Wildman–Crippen MR) is 105 cm³/mol. The molecular formula is C24H20O2. The van der Waals surface area contributed by atoms with E-state index in [0.717, 1.165) is 12.8 Å². The van der Waals surface area contributed by atoms with E-state index in [1.807, 2.05) is 0 Å². The van der Waals surface area contributed by atoms with Gasteiger partial charge in [0.25, 0.3) is 0 Å². The van der Waals surface area contributed by atoms with Gasteiger partial charge in [0.2, 0.25) is 5.78 Å². The van der Waals surface area contributed by atoms with Crippen molar-refractivity contribution in [3.63, 3.8) is 0 Å². The van der Waals surface area contributed by atoms with Crippen LogP contribution in [0.3, 0.4) is 0 Å². The lowest BCUT2D eigenvalue weighted by atomic mass is 9.73. The van der Waals surface area contributed by atoms with Crippen molar-refractivity contribution in [2.45, 2.75) is 19.8 Å². The van der Waals surface area contributed by atoms with Gasteiger partial charge >= 0.3 is 0 Å². The van der Waals surface area contributed by atoms with Crippen molar-refractivity contribution in [2.24, 2.45) is 11.8 Å². The fourth-order valence-electron chi connectivity index (χ4n) is 4.49. The molecule has 1 aliphatic rings. The molecule has 0 N–H and O–H groups in total. The molecule has 26 heavy (non-hydrogen) atoms. The molecule has 1 aromatic heterocycles. The van der Waals surface area contributed by atoms with Crippen LogP contribution in [0.5, 0.6) is 0 Å². The summed E-state index contributed by atoms with van der Waals surface area (Å²) in [6.07, 6.45) is 3.30. The second-order valence-electron chi connectivity index (χ2n) is 7.42. The fraction of sp³-hybridized carbons (Fsp3) is 0.208. The Hall–Kier alpha value is -2.87. The zero-order chi connectivity index (χ0) is 17.7. The summed E-state index contributed by atoms with van der Waals surface area (Å²) in [6, 6.07) is 21.0. The van der Waals surface area contributed by atoms with Gasteiger partial charge in [-0.1, -0.05) is 55.5 Å². The van der Waals surface area contributed by atoms with Crippen molar-refractivity contribution >= 4 is 27.3 Å². The summed E-state index contributed by atoms with van der Waals surface area (Å²) in [4.78, 5) is 12.9. The van der Waals surface area contributed by atoms with Crippen molar-refractivity contribution in [1.82, 2.24) is 0 Å². The van der Waals surface area contributed by atoms with Gasteiger partial charge in [-0.05, 0) is 63.6 Å². The standard InChI is InChI=1S/C24H20O2/c1-15-13-17-9-11-19-18-6-3-2-5-16(18)8-10-20(19)22(17)14-21(15)24(25)23-7-4-12-26-23/h2-12,15,21H,13-14H2,1H3. The van der Waals surface area contributed by atoms with Crippen LogP contribution in [-0.2, 0) is 12.8 Å². The van der Waals surface area contributed by atoms with Crippen LogP contribution in [0, 0.1) is 11.8 Å². The summed E-state index contributed by atoms with van der Waals surface area (Å²) < 4.78 is 5.38. The van der Waals surface area contributed by atoms with Crippen LogP contribution in [0.1, 0.15) is 28.6 Å². The Morgan fingerprint density at radius 2 is 1.73 bits per heavy atom. The normalized spacial score (nSPS) is 19.6. The van der Waals surface area contributed by atoms with E-state index < -0.39 is 0 Å². The maximum Gasteiger partial charge on any atom is 0.201 e. The van der Waals surface area contributed by atoms with Gasteiger partial charge in [0.15, 0.2) is 5.76 Å². The first kappa shape index (κ1) is 15.4. The summed E-state index contributed by atoms with van der Waals surface area (Å²) in [5, 5.41) is 5.10. The third kappa shape index (κ3) is 2.29. The highest BCUT2D eigenvalue weighted by molar-refractivity contribution is 6.09. The molecule has 1 heterocycles. The number of ketones is 1. The lowest BCUT2D eigenvalue weighted by Gasteiger charge is -2.30. The van der Waals surface area contributed by atoms with Crippen LogP contribution < -0.4 is 0 Å². The average Bonchev–Trinajstić information content (AvgIpc) is 3.21. The predicted octanol–water partition coefficient (Wildman–Crippen LogP) is 5.82. The second kappa shape index (κ2) is 5.84. The first-order valence-electron chi connectivity index (χ1n) is 9.22. The monoisotopic (exact) mass is 340 g/mol. The largest absolute Gasteiger partial charge is 0.461 e. The van der Waals surface area contributed by atoms with E-state index in [-0.39, 0.29) is 11.7 Å². The molecule has 0 saturated heterocycles. The van der Waals surface area contributed by atoms with Gasteiger partial charge in [-0.3, -0.25) is 4.79 Å². The molecular weight excluding hydrogens is 320 g/mol. The van der Waals surface area contributed by atoms with Crippen LogP contribution in [-0.4, -0.2) is 5.78 Å². The molecule has 2 atom stereocenters. The van der Waals surface area contributed by atoms with Crippen molar-refractivity contribution in [1.29, 1.82) is 0 Å². The molecule has 128 valence electrons. The Balaban J connectivity index is 1.66. The Bertz CT molecular complexity index is 1120. The molecule has 1 aliphatic carbocycles. The Kier molecular flexibility index (Phi) is 3.46. The van der Waals surface area contributed by atoms with Gasteiger partial charge in [-0.2, -0.15) is 0 Å². The Morgan fingerprint density at radius 3 is 2.58 bits per heavy atom. The number of carbonyl (C=O) groups excluding carboxylic acids is 1. The fourth-order valence-corrected chi connectivity index (χ4v) is 4.49. The number of benzene rings is 3. The quantitative estimate of drug-likeness (QED) is 0.340. The maximum absolute atomic E-state index is 12.9. The van der Waals surface area contributed by atoms with Crippen LogP contribution in [0.25, 0.3) is 21.5 Å². The minimum atomic E-state index is -0.0225. The summed E-state index contributed by atoms with van der Waals surface area (Å²) in [6.45, 7) is 2.18. The molecule has 4 aromatic rings. The number of rotatable bonds is 2. The van der Waals surface area contributed by atoms with E-state index in [2.05, 4.69) is 55.5 Å². The van der Waals surface area contributed by atoms with E-state index in [0.29, 0.717) is 11.7 Å². The molecule has 0 saturated carbocycles. The topological polar surface area (TPSA) is 30.2 Å². The molecule has 0 amide bonds. The van der Waals surface area contributed by atoms with Crippen molar-refractivity contribution < 1.29 is 9.21 Å². The maximum atomic E-state index is 12.9. The summed E-state index contributed by atoms with van der Waals surface area (Å²) in [7, 11) is 0. The van der Waals surface area contributed by atoms with Gasteiger partial charge in [-0.25, -0.2) is 0 Å². The van der Waals surface area contributed by atoms with E-state index in [9.17, 15) is 4.79 Å². The van der Waals surface area contributed by atoms with Gasteiger partial charge in [0.1, 0.15) is 0 Å². The van der Waals surface area contributed by atoms with Gasteiger partial charge in [0.05, 0.1) is 6.26 Å². The molecule has 0 radical (unpaired) electrons. The molecule has 3 aromatic carbocycles. The number of furan rings is 1. The number of carbonyl (C=O) groups is 1. The lowest BCUT2D eigenvalue weighted by Crippen LogP contribution is -2.30. The molecule has 5 rings (SSSR count). The van der Waals surface area contributed by atoms with E-state index in [1.165, 1.54) is 32.7 Å². The van der Waals surface area contributed by atoms with Crippen molar-refractivity contribution in [2.75, 3.05) is 0 Å². The molecule has 0 spiro atoms. The van der Waals surface area contributed by atoms with Gasteiger partial charge in [0, 0.05) is 5.92 Å². The number of Topliss-reactive ketones (excluding diaryl/α,β-unsaturated/α-hetero) is 1. The molecule has 0 aliphatic heterocycles. The first-order chi connectivity index (χ1) is 12.7. The van der Waals surface area contributed by atoms with Crippen LogP contribution in [0.15, 0.2) is 71.3 Å². The van der Waals surface area contributed by atoms with E-state index >= 15 is 0 Å². The van der Waals surface area contributed by atoms with Crippen LogP contribution in [0.2, 0.25) is 0 Å². The summed E-state index contributed by atoms with van der Waals surface area (Å²) in [5.74, 6) is 0.908. The highest BCUT2D eigenvalue weighted by Gasteiger charge is 2.33. The van der Waals surface area contributed by atoms with Crippen LogP contribution >= 0.6 is 0 Å². The Morgan fingerprint density at radius 1 is 0.885 bits per heavy atom. The number of fused-ring (bicyclic) bond motifs is 5. The van der Waals surface area contributed by atoms with Crippen molar-refractivity contribution in [3.05, 3.63) is 83.8 Å². The number of hydrogen-bond donors (Lipinski definition) is 0. The molecule has 0 fully saturated rings. The number of hydrogen-bond acceptors (Lipinski definition) is 2. The smallest absolute Gasteiger partial charge is 0.201 e. The highest BCUT2D eigenvalue weighted by Crippen LogP contribution is 2.38. The molecule has 2 heteroatoms. The molecule has 2 nitrogen and oxygen atoms in total. The second-order valence-corrected chi connectivity index (χ2v) is 7.42. The Labute approximate surface area is 152 Å². The minimum Gasteiger partial charge on any atom is -0.461 e. The minimum absolute atomic E-state index is 0.0225. The zero-order valence-corrected chi connectivity index (χ0v) is 14.7. The SMILES string of the molecule is CC1Cc2ccc3c(ccc4ccccc43)c2CC1C(=O)c1ccco1. The molecule has 2 unspecified atom stereocenters.